The molecule has 12 heavy (non-hydrogen) atoms. The van der Waals surface area contributed by atoms with Crippen LogP contribution in [0.2, 0.25) is 0 Å². The topological polar surface area (TPSA) is 29.5 Å². The molecule has 0 amide bonds. The second kappa shape index (κ2) is 4.06. The Hall–Kier alpha value is -0.340. The molecule has 1 fully saturated rings. The SMILES string of the molecule is C=C1C[C@H](O)C[C@H]1COC(C)C. The van der Waals surface area contributed by atoms with Crippen molar-refractivity contribution >= 4 is 0 Å². The summed E-state index contributed by atoms with van der Waals surface area (Å²) in [5.74, 6) is 0.377. The van der Waals surface area contributed by atoms with Crippen LogP contribution in [0.5, 0.6) is 0 Å². The molecule has 1 saturated carbocycles. The number of aliphatic hydroxyl groups is 1. The lowest BCUT2D eigenvalue weighted by Crippen LogP contribution is -2.12. The lowest BCUT2D eigenvalue weighted by atomic mass is 10.1. The van der Waals surface area contributed by atoms with Gasteiger partial charge in [-0.1, -0.05) is 12.2 Å². The van der Waals surface area contributed by atoms with Crippen molar-refractivity contribution in [2.45, 2.75) is 38.9 Å². The van der Waals surface area contributed by atoms with E-state index < -0.39 is 0 Å². The Kier molecular flexibility index (Phi) is 3.29. The molecule has 0 aliphatic heterocycles. The minimum atomic E-state index is -0.182. The monoisotopic (exact) mass is 170 g/mol. The van der Waals surface area contributed by atoms with E-state index in [1.54, 1.807) is 0 Å². The van der Waals surface area contributed by atoms with Crippen LogP contribution in [0.25, 0.3) is 0 Å². The molecule has 70 valence electrons. The molecule has 0 spiro atoms. The first-order valence-electron chi connectivity index (χ1n) is 4.57. The molecule has 2 atom stereocenters. The van der Waals surface area contributed by atoms with Crippen LogP contribution in [0.1, 0.15) is 26.7 Å². The van der Waals surface area contributed by atoms with Crippen molar-refractivity contribution in [2.75, 3.05) is 6.61 Å². The molecular weight excluding hydrogens is 152 g/mol. The Morgan fingerprint density at radius 1 is 1.67 bits per heavy atom. The van der Waals surface area contributed by atoms with Crippen molar-refractivity contribution < 1.29 is 9.84 Å². The van der Waals surface area contributed by atoms with E-state index in [-0.39, 0.29) is 12.2 Å². The molecule has 0 bridgehead atoms. The van der Waals surface area contributed by atoms with Gasteiger partial charge in [-0.3, -0.25) is 0 Å². The summed E-state index contributed by atoms with van der Waals surface area (Å²) in [5, 5.41) is 9.32. The third kappa shape index (κ3) is 2.61. The number of rotatable bonds is 3. The van der Waals surface area contributed by atoms with E-state index in [0.29, 0.717) is 12.5 Å². The smallest absolute Gasteiger partial charge is 0.0583 e. The highest BCUT2D eigenvalue weighted by Crippen LogP contribution is 2.30. The first kappa shape index (κ1) is 9.75. The number of hydrogen-bond donors (Lipinski definition) is 1. The van der Waals surface area contributed by atoms with Gasteiger partial charge in [0.15, 0.2) is 0 Å². The highest BCUT2D eigenvalue weighted by molar-refractivity contribution is 5.08. The summed E-state index contributed by atoms with van der Waals surface area (Å²) < 4.78 is 5.47. The molecule has 1 aliphatic carbocycles. The highest BCUT2D eigenvalue weighted by Gasteiger charge is 2.26. The van der Waals surface area contributed by atoms with Gasteiger partial charge >= 0.3 is 0 Å². The molecular formula is C10H18O2. The van der Waals surface area contributed by atoms with Gasteiger partial charge in [0.1, 0.15) is 0 Å². The van der Waals surface area contributed by atoms with Gasteiger partial charge in [0.05, 0.1) is 18.8 Å². The molecule has 0 radical (unpaired) electrons. The maximum absolute atomic E-state index is 9.32. The fraction of sp³-hybridized carbons (Fsp3) is 0.800. The van der Waals surface area contributed by atoms with E-state index in [1.807, 2.05) is 13.8 Å². The largest absolute Gasteiger partial charge is 0.393 e. The van der Waals surface area contributed by atoms with Crippen LogP contribution in [-0.2, 0) is 4.74 Å². The Morgan fingerprint density at radius 3 is 2.75 bits per heavy atom. The van der Waals surface area contributed by atoms with E-state index in [2.05, 4.69) is 6.58 Å². The van der Waals surface area contributed by atoms with Crippen molar-refractivity contribution in [2.24, 2.45) is 5.92 Å². The first-order valence-corrected chi connectivity index (χ1v) is 4.57. The number of hydrogen-bond acceptors (Lipinski definition) is 2. The van der Waals surface area contributed by atoms with Crippen LogP contribution in [0.3, 0.4) is 0 Å². The maximum atomic E-state index is 9.32. The number of ether oxygens (including phenoxy) is 1. The first-order chi connectivity index (χ1) is 5.59. The van der Waals surface area contributed by atoms with Crippen LogP contribution < -0.4 is 0 Å². The van der Waals surface area contributed by atoms with E-state index in [9.17, 15) is 5.11 Å². The van der Waals surface area contributed by atoms with E-state index >= 15 is 0 Å². The lowest BCUT2D eigenvalue weighted by Gasteiger charge is -2.13. The quantitative estimate of drug-likeness (QED) is 0.654. The van der Waals surface area contributed by atoms with Crippen molar-refractivity contribution in [1.82, 2.24) is 0 Å². The predicted octanol–water partition coefficient (Wildman–Crippen LogP) is 1.74. The fourth-order valence-corrected chi connectivity index (χ4v) is 1.54. The van der Waals surface area contributed by atoms with Gasteiger partial charge in [0.2, 0.25) is 0 Å². The lowest BCUT2D eigenvalue weighted by molar-refractivity contribution is 0.0546. The summed E-state index contributed by atoms with van der Waals surface area (Å²) in [7, 11) is 0. The summed E-state index contributed by atoms with van der Waals surface area (Å²) >= 11 is 0. The second-order valence-corrected chi connectivity index (χ2v) is 3.83. The van der Waals surface area contributed by atoms with Crippen LogP contribution in [-0.4, -0.2) is 23.9 Å². The van der Waals surface area contributed by atoms with Gasteiger partial charge in [-0.05, 0) is 26.7 Å². The molecule has 1 aliphatic rings. The minimum Gasteiger partial charge on any atom is -0.393 e. The van der Waals surface area contributed by atoms with Gasteiger partial charge in [0.25, 0.3) is 0 Å². The van der Waals surface area contributed by atoms with Crippen molar-refractivity contribution in [1.29, 1.82) is 0 Å². The average molecular weight is 170 g/mol. The zero-order chi connectivity index (χ0) is 9.14. The molecule has 2 heteroatoms. The zero-order valence-corrected chi connectivity index (χ0v) is 7.92. The molecule has 0 heterocycles. The van der Waals surface area contributed by atoms with E-state index in [0.717, 1.165) is 18.4 Å². The molecule has 0 saturated heterocycles. The Bertz CT molecular complexity index is 163. The Labute approximate surface area is 74.2 Å². The standard InChI is InChI=1S/C10H18O2/c1-7(2)12-6-9-5-10(11)4-8(9)3/h7,9-11H,3-6H2,1-2H3/t9-,10-/m0/s1. The molecule has 1 rings (SSSR count). The molecule has 0 aromatic heterocycles. The van der Waals surface area contributed by atoms with Crippen molar-refractivity contribution in [3.8, 4) is 0 Å². The molecule has 0 aromatic rings. The summed E-state index contributed by atoms with van der Waals surface area (Å²) in [4.78, 5) is 0. The van der Waals surface area contributed by atoms with Crippen LogP contribution >= 0.6 is 0 Å². The van der Waals surface area contributed by atoms with Crippen molar-refractivity contribution in [3.63, 3.8) is 0 Å². The Balaban J connectivity index is 2.28. The van der Waals surface area contributed by atoms with E-state index in [4.69, 9.17) is 4.74 Å². The summed E-state index contributed by atoms with van der Waals surface area (Å²) in [6, 6.07) is 0. The second-order valence-electron chi connectivity index (χ2n) is 3.83. The predicted molar refractivity (Wildman–Crippen MR) is 49.0 cm³/mol. The third-order valence-electron chi connectivity index (χ3n) is 2.26. The van der Waals surface area contributed by atoms with Gasteiger partial charge in [-0.2, -0.15) is 0 Å². The van der Waals surface area contributed by atoms with E-state index in [1.165, 1.54) is 0 Å². The maximum Gasteiger partial charge on any atom is 0.0583 e. The van der Waals surface area contributed by atoms with Gasteiger partial charge in [-0.15, -0.1) is 0 Å². The molecule has 0 unspecified atom stereocenters. The zero-order valence-electron chi connectivity index (χ0n) is 7.92. The molecule has 0 aromatic carbocycles. The molecule has 2 nitrogen and oxygen atoms in total. The van der Waals surface area contributed by atoms with Crippen LogP contribution in [0, 0.1) is 5.92 Å². The summed E-state index contributed by atoms with van der Waals surface area (Å²) in [5.41, 5.74) is 1.14. The number of aliphatic hydroxyl groups excluding tert-OH is 1. The van der Waals surface area contributed by atoms with Crippen molar-refractivity contribution in [3.05, 3.63) is 12.2 Å². The molecule has 1 N–H and O–H groups in total. The van der Waals surface area contributed by atoms with Crippen LogP contribution in [0.4, 0.5) is 0 Å². The summed E-state index contributed by atoms with van der Waals surface area (Å²) in [6.07, 6.45) is 1.67. The highest BCUT2D eigenvalue weighted by atomic mass is 16.5. The third-order valence-corrected chi connectivity index (χ3v) is 2.26. The van der Waals surface area contributed by atoms with Gasteiger partial charge in [-0.25, -0.2) is 0 Å². The summed E-state index contributed by atoms with van der Waals surface area (Å²) in [6.45, 7) is 8.68. The van der Waals surface area contributed by atoms with Gasteiger partial charge in [0, 0.05) is 5.92 Å². The minimum absolute atomic E-state index is 0.182. The Morgan fingerprint density at radius 2 is 2.33 bits per heavy atom. The normalized spacial score (nSPS) is 30.2. The van der Waals surface area contributed by atoms with Gasteiger partial charge < -0.3 is 9.84 Å². The fourth-order valence-electron chi connectivity index (χ4n) is 1.54. The van der Waals surface area contributed by atoms with Crippen LogP contribution in [0.15, 0.2) is 12.2 Å². The average Bonchev–Trinajstić information content (AvgIpc) is 2.26.